The lowest BCUT2D eigenvalue weighted by molar-refractivity contribution is 0.391. The number of sulfonamides is 1. The van der Waals surface area contributed by atoms with Crippen LogP contribution in [0.15, 0.2) is 26.0 Å². The summed E-state index contributed by atoms with van der Waals surface area (Å²) < 4.78 is 28.4. The summed E-state index contributed by atoms with van der Waals surface area (Å²) in [6, 6.07) is 3.34. The van der Waals surface area contributed by atoms with Gasteiger partial charge in [-0.25, -0.2) is 13.1 Å². The fraction of sp³-hybridized carbons (Fsp3) is 0.455. The van der Waals surface area contributed by atoms with Crippen molar-refractivity contribution >= 4 is 53.5 Å². The summed E-state index contributed by atoms with van der Waals surface area (Å²) in [6.07, 6.45) is 1.37. The lowest BCUT2D eigenvalue weighted by atomic mass is 9.94. The van der Waals surface area contributed by atoms with Gasteiger partial charge in [0, 0.05) is 20.4 Å². The number of nitrogens with one attached hydrogen (secondary N) is 1. The fourth-order valence-electron chi connectivity index (χ4n) is 1.76. The van der Waals surface area contributed by atoms with Crippen LogP contribution in [0.1, 0.15) is 18.4 Å². The highest BCUT2D eigenvalue weighted by Crippen LogP contribution is 2.31. The van der Waals surface area contributed by atoms with Crippen molar-refractivity contribution in [2.24, 2.45) is 0 Å². The maximum atomic E-state index is 12.2. The molecule has 7 heteroatoms. The van der Waals surface area contributed by atoms with Gasteiger partial charge in [0.1, 0.15) is 0 Å². The van der Waals surface area contributed by atoms with Crippen LogP contribution in [-0.2, 0) is 10.0 Å². The standard InChI is InChI=1S/C11H12Br2ClNO2S/c1-6-2-10(13)11(5-9(6)12)18(16,17)15-8-3-7(14)4-8/h2,5,7-8,15H,3-4H2,1H3. The monoisotopic (exact) mass is 415 g/mol. The van der Waals surface area contributed by atoms with E-state index in [2.05, 4.69) is 36.6 Å². The number of alkyl halides is 1. The number of hydrogen-bond acceptors (Lipinski definition) is 2. The van der Waals surface area contributed by atoms with Crippen LogP contribution < -0.4 is 4.72 Å². The zero-order valence-electron chi connectivity index (χ0n) is 9.58. The van der Waals surface area contributed by atoms with Crippen molar-refractivity contribution in [1.29, 1.82) is 0 Å². The molecule has 18 heavy (non-hydrogen) atoms. The minimum atomic E-state index is -3.50. The maximum absolute atomic E-state index is 12.2. The van der Waals surface area contributed by atoms with Crippen LogP contribution >= 0.6 is 43.5 Å². The summed E-state index contributed by atoms with van der Waals surface area (Å²) in [5.74, 6) is 0. The van der Waals surface area contributed by atoms with E-state index >= 15 is 0 Å². The summed E-state index contributed by atoms with van der Waals surface area (Å²) in [6.45, 7) is 1.91. The van der Waals surface area contributed by atoms with Crippen molar-refractivity contribution in [2.45, 2.75) is 36.1 Å². The third kappa shape index (κ3) is 3.10. The smallest absolute Gasteiger partial charge is 0.208 e. The average molecular weight is 418 g/mol. The van der Waals surface area contributed by atoms with Crippen molar-refractivity contribution < 1.29 is 8.42 Å². The molecule has 1 aromatic carbocycles. The summed E-state index contributed by atoms with van der Waals surface area (Å²) >= 11 is 12.5. The van der Waals surface area contributed by atoms with E-state index in [0.717, 1.165) is 10.0 Å². The number of benzene rings is 1. The van der Waals surface area contributed by atoms with Gasteiger partial charge < -0.3 is 0 Å². The van der Waals surface area contributed by atoms with E-state index in [1.165, 1.54) is 0 Å². The Morgan fingerprint density at radius 2 is 1.89 bits per heavy atom. The molecule has 0 amide bonds. The van der Waals surface area contributed by atoms with Crippen LogP contribution in [0.5, 0.6) is 0 Å². The zero-order chi connectivity index (χ0) is 13.5. The summed E-state index contributed by atoms with van der Waals surface area (Å²) in [4.78, 5) is 0.248. The Bertz CT molecular complexity index is 571. The first-order valence-electron chi connectivity index (χ1n) is 5.41. The quantitative estimate of drug-likeness (QED) is 0.765. The summed E-state index contributed by atoms with van der Waals surface area (Å²) in [5.41, 5.74) is 0.977. The molecule has 0 saturated heterocycles. The second-order valence-corrected chi connectivity index (χ2v) is 8.43. The highest BCUT2D eigenvalue weighted by Gasteiger charge is 2.32. The predicted molar refractivity (Wildman–Crippen MR) is 79.6 cm³/mol. The second-order valence-electron chi connectivity index (χ2n) is 4.42. The van der Waals surface area contributed by atoms with Gasteiger partial charge in [0.2, 0.25) is 10.0 Å². The van der Waals surface area contributed by atoms with Gasteiger partial charge >= 0.3 is 0 Å². The third-order valence-electron chi connectivity index (χ3n) is 2.91. The van der Waals surface area contributed by atoms with Gasteiger partial charge in [0.15, 0.2) is 0 Å². The largest absolute Gasteiger partial charge is 0.241 e. The first kappa shape index (κ1) is 14.8. The Labute approximate surface area is 129 Å². The van der Waals surface area contributed by atoms with E-state index in [0.29, 0.717) is 17.3 Å². The van der Waals surface area contributed by atoms with Crippen LogP contribution in [0, 0.1) is 6.92 Å². The van der Waals surface area contributed by atoms with E-state index in [1.54, 1.807) is 12.1 Å². The number of aryl methyl sites for hydroxylation is 1. The molecule has 2 rings (SSSR count). The van der Waals surface area contributed by atoms with E-state index in [9.17, 15) is 8.42 Å². The molecule has 0 unspecified atom stereocenters. The molecule has 100 valence electrons. The van der Waals surface area contributed by atoms with Crippen LogP contribution in [-0.4, -0.2) is 19.8 Å². The maximum Gasteiger partial charge on any atom is 0.241 e. The van der Waals surface area contributed by atoms with Crippen LogP contribution in [0.25, 0.3) is 0 Å². The van der Waals surface area contributed by atoms with Gasteiger partial charge in [-0.05, 0) is 53.4 Å². The lowest BCUT2D eigenvalue weighted by Crippen LogP contribution is -2.44. The van der Waals surface area contributed by atoms with Crippen molar-refractivity contribution in [1.82, 2.24) is 4.72 Å². The molecule has 3 nitrogen and oxygen atoms in total. The van der Waals surface area contributed by atoms with Crippen molar-refractivity contribution in [3.63, 3.8) is 0 Å². The Morgan fingerprint density at radius 1 is 1.28 bits per heavy atom. The van der Waals surface area contributed by atoms with Crippen LogP contribution in [0.4, 0.5) is 0 Å². The Kier molecular flexibility index (Phi) is 4.44. The molecular formula is C11H12Br2ClNO2S. The molecular weight excluding hydrogens is 405 g/mol. The molecule has 0 heterocycles. The second kappa shape index (κ2) is 5.40. The van der Waals surface area contributed by atoms with Gasteiger partial charge in [-0.15, -0.1) is 11.6 Å². The van der Waals surface area contributed by atoms with E-state index in [1.807, 2.05) is 6.92 Å². The SMILES string of the molecule is Cc1cc(Br)c(S(=O)(=O)NC2CC(Cl)C2)cc1Br. The molecule has 0 aromatic heterocycles. The molecule has 0 radical (unpaired) electrons. The molecule has 0 spiro atoms. The fourth-order valence-corrected chi connectivity index (χ4v) is 5.13. The molecule has 1 N–H and O–H groups in total. The van der Waals surface area contributed by atoms with Crippen molar-refractivity contribution in [3.8, 4) is 0 Å². The van der Waals surface area contributed by atoms with Gasteiger partial charge in [-0.3, -0.25) is 0 Å². The Hall–Kier alpha value is 0.380. The first-order valence-corrected chi connectivity index (χ1v) is 8.92. The minimum absolute atomic E-state index is 0.0514. The normalized spacial score (nSPS) is 23.8. The number of rotatable bonds is 3. The molecule has 1 aliphatic rings. The van der Waals surface area contributed by atoms with Gasteiger partial charge in [0.05, 0.1) is 4.90 Å². The number of hydrogen-bond donors (Lipinski definition) is 1. The Morgan fingerprint density at radius 3 is 2.44 bits per heavy atom. The molecule has 0 atom stereocenters. The number of halogens is 3. The van der Waals surface area contributed by atoms with Gasteiger partial charge in [-0.1, -0.05) is 15.9 Å². The van der Waals surface area contributed by atoms with Crippen LogP contribution in [0.3, 0.4) is 0 Å². The van der Waals surface area contributed by atoms with Crippen molar-refractivity contribution in [2.75, 3.05) is 0 Å². The molecule has 0 aliphatic heterocycles. The molecule has 1 saturated carbocycles. The van der Waals surface area contributed by atoms with E-state index < -0.39 is 10.0 Å². The first-order chi connectivity index (χ1) is 8.29. The molecule has 0 bridgehead atoms. The summed E-state index contributed by atoms with van der Waals surface area (Å²) in [7, 11) is -3.50. The minimum Gasteiger partial charge on any atom is -0.208 e. The predicted octanol–water partition coefficient (Wildman–Crippen LogP) is 3.57. The van der Waals surface area contributed by atoms with Crippen molar-refractivity contribution in [3.05, 3.63) is 26.6 Å². The topological polar surface area (TPSA) is 46.2 Å². The third-order valence-corrected chi connectivity index (χ3v) is 6.59. The highest BCUT2D eigenvalue weighted by molar-refractivity contribution is 9.11. The Balaban J connectivity index is 2.27. The molecule has 1 fully saturated rings. The summed E-state index contributed by atoms with van der Waals surface area (Å²) in [5, 5.41) is 0.0888. The van der Waals surface area contributed by atoms with E-state index in [4.69, 9.17) is 11.6 Å². The average Bonchev–Trinajstić information content (AvgIpc) is 2.20. The zero-order valence-corrected chi connectivity index (χ0v) is 14.3. The lowest BCUT2D eigenvalue weighted by Gasteiger charge is -2.31. The van der Waals surface area contributed by atoms with Crippen LogP contribution in [0.2, 0.25) is 0 Å². The molecule has 1 aromatic rings. The highest BCUT2D eigenvalue weighted by atomic mass is 79.9. The molecule has 1 aliphatic carbocycles. The van der Waals surface area contributed by atoms with E-state index in [-0.39, 0.29) is 16.3 Å². The van der Waals surface area contributed by atoms with Gasteiger partial charge in [0.25, 0.3) is 0 Å². The van der Waals surface area contributed by atoms with Gasteiger partial charge in [-0.2, -0.15) is 0 Å².